The number of aliphatic hydroxyl groups is 1. The van der Waals surface area contributed by atoms with Crippen LogP contribution in [0.3, 0.4) is 0 Å². The minimum absolute atomic E-state index is 0. The predicted octanol–water partition coefficient (Wildman–Crippen LogP) is 2.61. The van der Waals surface area contributed by atoms with E-state index in [0.29, 0.717) is 26.1 Å². The molecule has 3 rings (SSSR count). The number of aryl methyl sites for hydroxylation is 2. The van der Waals surface area contributed by atoms with Crippen LogP contribution in [0.25, 0.3) is 0 Å². The molecule has 0 aromatic heterocycles. The largest absolute Gasteiger partial charge is 3.00 e. The molecule has 20 heavy (non-hydrogen) atoms. The minimum Gasteiger partial charge on any atom is -0.387 e. The molecule has 0 radical (unpaired) electrons. The summed E-state index contributed by atoms with van der Waals surface area (Å²) in [7, 11) is 0. The van der Waals surface area contributed by atoms with Crippen molar-refractivity contribution in [3.8, 4) is 0 Å². The van der Waals surface area contributed by atoms with Crippen LogP contribution in [0.15, 0.2) is 12.1 Å². The van der Waals surface area contributed by atoms with E-state index in [9.17, 15) is 5.11 Å². The number of hydrogen-bond donors (Lipinski definition) is 1. The van der Waals surface area contributed by atoms with Gasteiger partial charge in [-0.15, -0.1) is 5.56 Å². The zero-order chi connectivity index (χ0) is 13.5. The van der Waals surface area contributed by atoms with E-state index in [4.69, 9.17) is 9.47 Å². The number of ether oxygens (including phenoxy) is 2. The second-order valence-corrected chi connectivity index (χ2v) is 5.87. The van der Waals surface area contributed by atoms with Crippen LogP contribution in [-0.2, 0) is 47.8 Å². The average molecular weight is 350 g/mol. The van der Waals surface area contributed by atoms with E-state index in [-0.39, 0.29) is 32.7 Å². The molecule has 1 spiro atoms. The van der Waals surface area contributed by atoms with Gasteiger partial charge in [0.1, 0.15) is 0 Å². The molecule has 2 aliphatic rings. The predicted molar refractivity (Wildman–Crippen MR) is 71.8 cm³/mol. The Bertz CT molecular complexity index is 450. The van der Waals surface area contributed by atoms with E-state index in [1.165, 1.54) is 0 Å². The van der Waals surface area contributed by atoms with Gasteiger partial charge < -0.3 is 14.6 Å². The van der Waals surface area contributed by atoms with Crippen LogP contribution in [0.4, 0.5) is 0 Å². The van der Waals surface area contributed by atoms with Crippen LogP contribution in [0, 0.1) is 19.9 Å². The molecule has 1 aliphatic heterocycles. The van der Waals surface area contributed by atoms with Crippen molar-refractivity contribution in [2.45, 2.75) is 50.9 Å². The van der Waals surface area contributed by atoms with E-state index in [1.54, 1.807) is 0 Å². The van der Waals surface area contributed by atoms with Gasteiger partial charge in [0.05, 0.1) is 18.8 Å². The fourth-order valence-electron chi connectivity index (χ4n) is 3.28. The van der Waals surface area contributed by atoms with Gasteiger partial charge in [0.2, 0.25) is 0 Å². The van der Waals surface area contributed by atoms with Crippen molar-refractivity contribution in [1.82, 2.24) is 0 Å². The zero-order valence-corrected chi connectivity index (χ0v) is 15.1. The third-order valence-corrected chi connectivity index (χ3v) is 4.33. The standard InChI is InChI=1S/C16H21O3.Y/c1-12-9-13(2)11-14(10-12)15(17)3-5-16(6-4-15)18-7-8-19-16;/h10-11,17H,3-8H2,1-2H3;/q-1;+3. The first-order chi connectivity index (χ1) is 9.01. The smallest absolute Gasteiger partial charge is 0.387 e. The van der Waals surface area contributed by atoms with Crippen molar-refractivity contribution in [2.75, 3.05) is 13.2 Å². The molecule has 0 amide bonds. The summed E-state index contributed by atoms with van der Waals surface area (Å²) in [6.07, 6.45) is 2.91. The number of rotatable bonds is 1. The Morgan fingerprint density at radius 2 is 1.50 bits per heavy atom. The summed E-state index contributed by atoms with van der Waals surface area (Å²) in [4.78, 5) is 0. The molecule has 1 saturated heterocycles. The number of benzene rings is 1. The van der Waals surface area contributed by atoms with Gasteiger partial charge >= 0.3 is 32.7 Å². The van der Waals surface area contributed by atoms with Crippen LogP contribution < -0.4 is 0 Å². The van der Waals surface area contributed by atoms with E-state index in [2.05, 4.69) is 6.07 Å². The topological polar surface area (TPSA) is 38.7 Å². The van der Waals surface area contributed by atoms with Gasteiger partial charge in [-0.1, -0.05) is 13.8 Å². The second-order valence-electron chi connectivity index (χ2n) is 5.87. The third-order valence-electron chi connectivity index (χ3n) is 4.33. The Balaban J connectivity index is 0.00000147. The van der Waals surface area contributed by atoms with E-state index in [1.807, 2.05) is 26.0 Å². The summed E-state index contributed by atoms with van der Waals surface area (Å²) in [6.45, 7) is 5.40. The Morgan fingerprint density at radius 3 is 2.00 bits per heavy atom. The molecule has 1 N–H and O–H groups in total. The van der Waals surface area contributed by atoms with Crippen LogP contribution >= 0.6 is 0 Å². The first-order valence-corrected chi connectivity index (χ1v) is 7.03. The van der Waals surface area contributed by atoms with E-state index < -0.39 is 11.4 Å². The molecule has 1 aromatic rings. The maximum atomic E-state index is 10.9. The Hall–Kier alpha value is 0.204. The SMILES string of the molecule is Cc1[c-]c(C)cc(C2(O)CCC3(CC2)OCCO3)c1.[Y+3]. The van der Waals surface area contributed by atoms with Crippen molar-refractivity contribution < 1.29 is 47.3 Å². The van der Waals surface area contributed by atoms with Crippen molar-refractivity contribution in [3.63, 3.8) is 0 Å². The van der Waals surface area contributed by atoms with Gasteiger partial charge in [0.25, 0.3) is 0 Å². The maximum absolute atomic E-state index is 10.9. The zero-order valence-electron chi connectivity index (χ0n) is 12.2. The maximum Gasteiger partial charge on any atom is 3.00 e. The molecule has 0 atom stereocenters. The summed E-state index contributed by atoms with van der Waals surface area (Å²) >= 11 is 0. The van der Waals surface area contributed by atoms with Crippen molar-refractivity contribution in [2.24, 2.45) is 0 Å². The fourth-order valence-corrected chi connectivity index (χ4v) is 3.28. The molecule has 0 unspecified atom stereocenters. The third kappa shape index (κ3) is 3.17. The monoisotopic (exact) mass is 350 g/mol. The van der Waals surface area contributed by atoms with E-state index in [0.717, 1.165) is 29.5 Å². The molecule has 1 aliphatic carbocycles. The van der Waals surface area contributed by atoms with Gasteiger partial charge in [-0.3, -0.25) is 0 Å². The summed E-state index contributed by atoms with van der Waals surface area (Å²) in [6, 6.07) is 7.34. The Kier molecular flexibility index (Phi) is 5.08. The van der Waals surface area contributed by atoms with Crippen molar-refractivity contribution >= 4 is 0 Å². The van der Waals surface area contributed by atoms with E-state index >= 15 is 0 Å². The average Bonchev–Trinajstić information content (AvgIpc) is 2.81. The minimum atomic E-state index is -0.745. The Labute approximate surface area is 145 Å². The quantitative estimate of drug-likeness (QED) is 0.792. The molecule has 1 aromatic carbocycles. The second kappa shape index (κ2) is 6.14. The Morgan fingerprint density at radius 1 is 1.00 bits per heavy atom. The van der Waals surface area contributed by atoms with Crippen LogP contribution in [0.5, 0.6) is 0 Å². The molecule has 1 heterocycles. The van der Waals surface area contributed by atoms with Gasteiger partial charge in [-0.2, -0.15) is 29.3 Å². The molecular weight excluding hydrogens is 329 g/mol. The molecule has 0 bridgehead atoms. The van der Waals surface area contributed by atoms with Gasteiger partial charge in [-0.25, -0.2) is 0 Å². The first-order valence-electron chi connectivity index (χ1n) is 7.03. The normalized spacial score (nSPS) is 23.6. The molecule has 3 nitrogen and oxygen atoms in total. The first kappa shape index (κ1) is 16.6. The molecule has 104 valence electrons. The van der Waals surface area contributed by atoms with Crippen LogP contribution in [0.2, 0.25) is 0 Å². The molecular formula is C16H21O3Y+2. The van der Waals surface area contributed by atoms with Gasteiger partial charge in [0.15, 0.2) is 5.79 Å². The fraction of sp³-hybridized carbons (Fsp3) is 0.625. The molecule has 1 saturated carbocycles. The molecule has 2 fully saturated rings. The van der Waals surface area contributed by atoms with Gasteiger partial charge in [-0.05, 0) is 12.8 Å². The molecule has 4 heteroatoms. The van der Waals surface area contributed by atoms with Crippen LogP contribution in [0.1, 0.15) is 42.4 Å². The van der Waals surface area contributed by atoms with Crippen molar-refractivity contribution in [1.29, 1.82) is 0 Å². The van der Waals surface area contributed by atoms with Crippen molar-refractivity contribution in [3.05, 3.63) is 34.9 Å². The van der Waals surface area contributed by atoms with Crippen LogP contribution in [-0.4, -0.2) is 24.1 Å². The summed E-state index contributed by atoms with van der Waals surface area (Å²) in [5.41, 5.74) is 2.42. The number of hydrogen-bond acceptors (Lipinski definition) is 3. The van der Waals surface area contributed by atoms with Gasteiger partial charge in [0, 0.05) is 12.8 Å². The summed E-state index contributed by atoms with van der Waals surface area (Å²) in [5, 5.41) is 10.9. The summed E-state index contributed by atoms with van der Waals surface area (Å²) < 4.78 is 11.4. The summed E-state index contributed by atoms with van der Waals surface area (Å²) in [5.74, 6) is -0.419.